The number of carbonyl (C=O) groups is 1. The van der Waals surface area contributed by atoms with Gasteiger partial charge in [-0.05, 0) is 48.0 Å². The summed E-state index contributed by atoms with van der Waals surface area (Å²) in [5, 5.41) is 13.2. The number of sulfonamides is 1. The predicted octanol–water partition coefficient (Wildman–Crippen LogP) is 3.33. The lowest BCUT2D eigenvalue weighted by atomic mass is 10.2. The molecule has 0 aromatic heterocycles. The molecule has 0 aliphatic heterocycles. The summed E-state index contributed by atoms with van der Waals surface area (Å²) < 4.78 is 27.8. The molecule has 3 rings (SSSR count). The third-order valence-corrected chi connectivity index (χ3v) is 6.37. The largest absolute Gasteiger partial charge is 0.395 e. The summed E-state index contributed by atoms with van der Waals surface area (Å²) >= 11 is 6.03. The van der Waals surface area contributed by atoms with Gasteiger partial charge in [0, 0.05) is 24.8 Å². The minimum atomic E-state index is -3.94. The van der Waals surface area contributed by atoms with E-state index in [2.05, 4.69) is 15.2 Å². The van der Waals surface area contributed by atoms with Gasteiger partial charge in [-0.15, -0.1) is 0 Å². The number of nitrogens with one attached hydrogen (secondary N) is 2. The number of amides is 1. The Kier molecular flexibility index (Phi) is 8.05. The molecule has 0 aliphatic carbocycles. The fraction of sp³-hybridized carbons (Fsp3) is 0.130. The van der Waals surface area contributed by atoms with Gasteiger partial charge in [-0.3, -0.25) is 9.52 Å². The molecule has 0 atom stereocenters. The summed E-state index contributed by atoms with van der Waals surface area (Å²) in [6, 6.07) is 19.5. The maximum Gasteiger partial charge on any atom is 0.271 e. The quantitative estimate of drug-likeness (QED) is 0.317. The number of nitrogens with zero attached hydrogens (tertiary/aromatic N) is 2. The van der Waals surface area contributed by atoms with Crippen molar-refractivity contribution in [2.75, 3.05) is 29.8 Å². The summed E-state index contributed by atoms with van der Waals surface area (Å²) in [5.74, 6) is -0.555. The molecular weight excluding hydrogens is 464 g/mol. The second kappa shape index (κ2) is 11.0. The minimum absolute atomic E-state index is 0.0598. The average molecular weight is 487 g/mol. The highest BCUT2D eigenvalue weighted by atomic mass is 35.5. The van der Waals surface area contributed by atoms with E-state index in [9.17, 15) is 13.2 Å². The van der Waals surface area contributed by atoms with Gasteiger partial charge in [0.25, 0.3) is 15.9 Å². The van der Waals surface area contributed by atoms with Crippen LogP contribution in [0.4, 0.5) is 11.4 Å². The van der Waals surface area contributed by atoms with E-state index in [4.69, 9.17) is 16.7 Å². The molecule has 3 N–H and O–H groups in total. The molecule has 1 amide bonds. The Labute approximate surface area is 197 Å². The standard InChI is InChI=1S/C23H23ClN4O4S/c1-28(13-14-29)19-11-9-17(10-12-19)16-25-26-23(30)18-5-4-6-20(15-18)33(31,32)27-22-8-3-2-7-21(22)24/h2-12,15-16,27,29H,13-14H2,1H3,(H,26,30)/b25-16+. The highest BCUT2D eigenvalue weighted by Gasteiger charge is 2.17. The first-order valence-electron chi connectivity index (χ1n) is 9.93. The first-order valence-corrected chi connectivity index (χ1v) is 11.8. The molecule has 0 saturated carbocycles. The Morgan fingerprint density at radius 3 is 2.52 bits per heavy atom. The van der Waals surface area contributed by atoms with Gasteiger partial charge in [0.15, 0.2) is 0 Å². The van der Waals surface area contributed by atoms with Gasteiger partial charge < -0.3 is 10.0 Å². The molecule has 0 saturated heterocycles. The minimum Gasteiger partial charge on any atom is -0.395 e. The third kappa shape index (κ3) is 6.55. The number of anilines is 2. The number of carbonyl (C=O) groups excluding carboxylic acids is 1. The van der Waals surface area contributed by atoms with Gasteiger partial charge in [-0.1, -0.05) is 41.9 Å². The van der Waals surface area contributed by atoms with Crippen molar-refractivity contribution in [3.8, 4) is 0 Å². The predicted molar refractivity (Wildman–Crippen MR) is 131 cm³/mol. The normalized spacial score (nSPS) is 11.4. The van der Waals surface area contributed by atoms with Crippen LogP contribution in [0.15, 0.2) is 82.8 Å². The zero-order valence-electron chi connectivity index (χ0n) is 17.8. The van der Waals surface area contributed by atoms with Crippen LogP contribution in [-0.2, 0) is 10.0 Å². The van der Waals surface area contributed by atoms with Crippen LogP contribution in [0.3, 0.4) is 0 Å². The van der Waals surface area contributed by atoms with Crippen molar-refractivity contribution >= 4 is 45.1 Å². The van der Waals surface area contributed by atoms with E-state index in [1.54, 1.807) is 24.3 Å². The molecule has 33 heavy (non-hydrogen) atoms. The zero-order valence-corrected chi connectivity index (χ0v) is 19.3. The summed E-state index contributed by atoms with van der Waals surface area (Å²) in [6.45, 7) is 0.580. The number of likely N-dealkylation sites (N-methyl/N-ethyl adjacent to an activating group) is 1. The van der Waals surface area contributed by atoms with Gasteiger partial charge in [-0.2, -0.15) is 5.10 Å². The van der Waals surface area contributed by atoms with E-state index in [0.717, 1.165) is 11.3 Å². The molecule has 0 bridgehead atoms. The van der Waals surface area contributed by atoms with Gasteiger partial charge in [0.1, 0.15) is 0 Å². The number of aliphatic hydroxyl groups excluding tert-OH is 1. The number of hydrogen-bond acceptors (Lipinski definition) is 6. The van der Waals surface area contributed by atoms with Crippen molar-refractivity contribution in [1.29, 1.82) is 0 Å². The highest BCUT2D eigenvalue weighted by molar-refractivity contribution is 7.92. The number of benzene rings is 3. The number of rotatable bonds is 9. The fourth-order valence-corrected chi connectivity index (χ4v) is 4.24. The average Bonchev–Trinajstić information content (AvgIpc) is 2.81. The highest BCUT2D eigenvalue weighted by Crippen LogP contribution is 2.24. The SMILES string of the molecule is CN(CCO)c1ccc(/C=N/NC(=O)c2cccc(S(=O)(=O)Nc3ccccc3Cl)c2)cc1. The number of hydrogen-bond donors (Lipinski definition) is 3. The van der Waals surface area contributed by atoms with Crippen molar-refractivity contribution in [1.82, 2.24) is 5.43 Å². The number of halogens is 1. The summed E-state index contributed by atoms with van der Waals surface area (Å²) in [6.07, 6.45) is 1.48. The van der Waals surface area contributed by atoms with E-state index in [-0.39, 0.29) is 27.8 Å². The Hall–Kier alpha value is -3.40. The monoisotopic (exact) mass is 486 g/mol. The van der Waals surface area contributed by atoms with Crippen LogP contribution < -0.4 is 15.0 Å². The van der Waals surface area contributed by atoms with Crippen molar-refractivity contribution in [3.63, 3.8) is 0 Å². The van der Waals surface area contributed by atoms with Gasteiger partial charge in [0.2, 0.25) is 0 Å². The van der Waals surface area contributed by atoms with E-state index in [1.807, 2.05) is 36.2 Å². The van der Waals surface area contributed by atoms with Gasteiger partial charge in [0.05, 0.1) is 28.4 Å². The summed E-state index contributed by atoms with van der Waals surface area (Å²) in [7, 11) is -2.07. The van der Waals surface area contributed by atoms with Crippen LogP contribution in [-0.4, -0.2) is 45.8 Å². The van der Waals surface area contributed by atoms with E-state index in [0.29, 0.717) is 6.54 Å². The Bertz CT molecular complexity index is 1250. The molecule has 0 radical (unpaired) electrons. The second-order valence-corrected chi connectivity index (χ2v) is 9.14. The molecule has 172 valence electrons. The van der Waals surface area contributed by atoms with Gasteiger partial charge in [-0.25, -0.2) is 13.8 Å². The van der Waals surface area contributed by atoms with E-state index >= 15 is 0 Å². The molecule has 3 aromatic carbocycles. The molecule has 0 aliphatic rings. The molecule has 0 spiro atoms. The van der Waals surface area contributed by atoms with Crippen LogP contribution >= 0.6 is 11.6 Å². The Balaban J connectivity index is 1.66. The van der Waals surface area contributed by atoms with Crippen LogP contribution in [0.25, 0.3) is 0 Å². The van der Waals surface area contributed by atoms with Gasteiger partial charge >= 0.3 is 0 Å². The van der Waals surface area contributed by atoms with Crippen molar-refractivity contribution in [3.05, 3.63) is 88.9 Å². The number of para-hydroxylation sites is 1. The summed E-state index contributed by atoms with van der Waals surface area (Å²) in [5.41, 5.74) is 4.47. The molecule has 8 nitrogen and oxygen atoms in total. The van der Waals surface area contributed by atoms with Crippen LogP contribution in [0.5, 0.6) is 0 Å². The zero-order chi connectivity index (χ0) is 23.8. The number of hydrazone groups is 1. The van der Waals surface area contributed by atoms with Crippen LogP contribution in [0.2, 0.25) is 5.02 Å². The van der Waals surface area contributed by atoms with Crippen LogP contribution in [0.1, 0.15) is 15.9 Å². The third-order valence-electron chi connectivity index (χ3n) is 4.67. The van der Waals surface area contributed by atoms with Crippen molar-refractivity contribution in [2.45, 2.75) is 4.90 Å². The Morgan fingerprint density at radius 1 is 1.09 bits per heavy atom. The van der Waals surface area contributed by atoms with Crippen molar-refractivity contribution in [2.24, 2.45) is 5.10 Å². The lowest BCUT2D eigenvalue weighted by molar-refractivity contribution is 0.0955. The second-order valence-electron chi connectivity index (χ2n) is 7.05. The maximum absolute atomic E-state index is 12.7. The van der Waals surface area contributed by atoms with E-state index in [1.165, 1.54) is 30.5 Å². The van der Waals surface area contributed by atoms with Crippen molar-refractivity contribution < 1.29 is 18.3 Å². The Morgan fingerprint density at radius 2 is 1.82 bits per heavy atom. The fourth-order valence-electron chi connectivity index (χ4n) is 2.88. The molecule has 0 fully saturated rings. The number of aliphatic hydroxyl groups is 1. The van der Waals surface area contributed by atoms with E-state index < -0.39 is 15.9 Å². The lowest BCUT2D eigenvalue weighted by Crippen LogP contribution is -2.21. The topological polar surface area (TPSA) is 111 Å². The molecule has 0 heterocycles. The first kappa shape index (κ1) is 24.2. The molecule has 3 aromatic rings. The van der Waals surface area contributed by atoms with Crippen LogP contribution in [0, 0.1) is 0 Å². The molecule has 10 heteroatoms. The summed E-state index contributed by atoms with van der Waals surface area (Å²) in [4.78, 5) is 14.3. The lowest BCUT2D eigenvalue weighted by Gasteiger charge is -2.17. The molecule has 0 unspecified atom stereocenters. The first-order chi connectivity index (χ1) is 15.8. The maximum atomic E-state index is 12.7. The molecular formula is C23H23ClN4O4S. The smallest absolute Gasteiger partial charge is 0.271 e.